The minimum atomic E-state index is -0.517. The summed E-state index contributed by atoms with van der Waals surface area (Å²) in [5.41, 5.74) is 2.27. The molecule has 3 aromatic rings. The molecule has 0 aliphatic heterocycles. The van der Waals surface area contributed by atoms with Crippen LogP contribution in [0.5, 0.6) is 0 Å². The number of nitrogens with zero attached hydrogens (tertiary/aromatic N) is 2. The highest BCUT2D eigenvalue weighted by Crippen LogP contribution is 2.21. The van der Waals surface area contributed by atoms with Crippen molar-refractivity contribution in [3.63, 3.8) is 0 Å². The number of anilines is 2. The number of amides is 2. The average Bonchev–Trinajstić information content (AvgIpc) is 2.71. The number of aryl methyl sites for hydroxylation is 1. The molecule has 6 nitrogen and oxygen atoms in total. The monoisotopic (exact) mass is 390 g/mol. The molecule has 2 amide bonds. The third kappa shape index (κ3) is 4.34. The summed E-state index contributed by atoms with van der Waals surface area (Å²) >= 11 is 5.97. The van der Waals surface area contributed by atoms with Crippen LogP contribution >= 0.6 is 11.6 Å². The zero-order valence-corrected chi connectivity index (χ0v) is 15.6. The summed E-state index contributed by atoms with van der Waals surface area (Å²) in [6.45, 7) is 1.84. The maximum atomic E-state index is 12.5. The van der Waals surface area contributed by atoms with Crippen molar-refractivity contribution in [2.24, 2.45) is 0 Å². The molecule has 138 valence electrons. The highest BCUT2D eigenvalue weighted by Gasteiger charge is 2.14. The van der Waals surface area contributed by atoms with Crippen molar-refractivity contribution in [1.29, 1.82) is 5.26 Å². The lowest BCUT2D eigenvalue weighted by molar-refractivity contribution is 0.101. The predicted octanol–water partition coefficient (Wildman–Crippen LogP) is 4.42. The number of carbonyl (C=O) groups is 2. The Kier molecular flexibility index (Phi) is 5.68. The van der Waals surface area contributed by atoms with E-state index >= 15 is 0 Å². The molecule has 0 unspecified atom stereocenters. The van der Waals surface area contributed by atoms with Crippen molar-refractivity contribution in [2.75, 3.05) is 10.6 Å². The molecule has 2 N–H and O–H groups in total. The maximum absolute atomic E-state index is 12.5. The summed E-state index contributed by atoms with van der Waals surface area (Å²) < 4.78 is 0. The minimum Gasteiger partial charge on any atom is -0.320 e. The van der Waals surface area contributed by atoms with Crippen LogP contribution in [-0.2, 0) is 0 Å². The molecule has 0 fully saturated rings. The Morgan fingerprint density at radius 2 is 1.57 bits per heavy atom. The van der Waals surface area contributed by atoms with Crippen LogP contribution in [0.4, 0.5) is 11.4 Å². The zero-order valence-electron chi connectivity index (χ0n) is 14.9. The normalized spacial score (nSPS) is 10.0. The van der Waals surface area contributed by atoms with Gasteiger partial charge in [-0.3, -0.25) is 9.59 Å². The molecule has 0 aliphatic carbocycles. The molecule has 0 saturated carbocycles. The van der Waals surface area contributed by atoms with Crippen molar-refractivity contribution in [1.82, 2.24) is 4.98 Å². The molecule has 0 bridgehead atoms. The van der Waals surface area contributed by atoms with Gasteiger partial charge in [0.05, 0.1) is 11.3 Å². The van der Waals surface area contributed by atoms with E-state index < -0.39 is 11.8 Å². The number of rotatable bonds is 4. The number of hydrogen-bond donors (Lipinski definition) is 2. The Morgan fingerprint density at radius 3 is 2.25 bits per heavy atom. The third-order valence-electron chi connectivity index (χ3n) is 3.96. The molecule has 0 aliphatic rings. The first kappa shape index (κ1) is 19.1. The van der Waals surface area contributed by atoms with E-state index in [1.54, 1.807) is 48.5 Å². The van der Waals surface area contributed by atoms with E-state index in [9.17, 15) is 9.59 Å². The fourth-order valence-electron chi connectivity index (χ4n) is 2.48. The highest BCUT2D eigenvalue weighted by molar-refractivity contribution is 6.31. The lowest BCUT2D eigenvalue weighted by Gasteiger charge is -2.10. The molecule has 0 spiro atoms. The fraction of sp³-hybridized carbons (Fsp3) is 0.0476. The van der Waals surface area contributed by atoms with E-state index in [0.717, 1.165) is 5.56 Å². The summed E-state index contributed by atoms with van der Waals surface area (Å²) in [5.74, 6) is -0.978. The second-order valence-electron chi connectivity index (χ2n) is 5.93. The number of halogens is 1. The SMILES string of the molecule is Cc1ccc(Cl)cc1NC(=O)c1cccc(C(=O)Nc2ccccc2C#N)n1. The Hall–Kier alpha value is -3.69. The molecule has 28 heavy (non-hydrogen) atoms. The van der Waals surface area contributed by atoms with Gasteiger partial charge in [0, 0.05) is 10.7 Å². The smallest absolute Gasteiger partial charge is 0.274 e. The first-order chi connectivity index (χ1) is 13.5. The van der Waals surface area contributed by atoms with Gasteiger partial charge in [-0.25, -0.2) is 4.98 Å². The van der Waals surface area contributed by atoms with Crippen molar-refractivity contribution < 1.29 is 9.59 Å². The molecule has 1 aromatic heterocycles. The number of benzene rings is 2. The number of para-hydroxylation sites is 1. The molecule has 1 heterocycles. The zero-order chi connectivity index (χ0) is 20.1. The lowest BCUT2D eigenvalue weighted by atomic mass is 10.2. The second kappa shape index (κ2) is 8.33. The second-order valence-corrected chi connectivity index (χ2v) is 6.37. The number of nitriles is 1. The van der Waals surface area contributed by atoms with Gasteiger partial charge in [0.15, 0.2) is 0 Å². The van der Waals surface area contributed by atoms with E-state index in [0.29, 0.717) is 22.0 Å². The van der Waals surface area contributed by atoms with Gasteiger partial charge in [-0.1, -0.05) is 35.9 Å². The number of aromatic nitrogens is 1. The molecule has 0 atom stereocenters. The van der Waals surface area contributed by atoms with Gasteiger partial charge in [-0.2, -0.15) is 5.26 Å². The predicted molar refractivity (Wildman–Crippen MR) is 107 cm³/mol. The van der Waals surface area contributed by atoms with Gasteiger partial charge in [0.1, 0.15) is 17.5 Å². The van der Waals surface area contributed by atoms with Crippen LogP contribution in [0.15, 0.2) is 60.7 Å². The Bertz CT molecular complexity index is 1110. The maximum Gasteiger partial charge on any atom is 0.274 e. The number of nitrogens with one attached hydrogen (secondary N) is 2. The first-order valence-electron chi connectivity index (χ1n) is 8.33. The number of hydrogen-bond acceptors (Lipinski definition) is 4. The third-order valence-corrected chi connectivity index (χ3v) is 4.19. The molecule has 3 rings (SSSR count). The molecule has 7 heteroatoms. The summed E-state index contributed by atoms with van der Waals surface area (Å²) in [5, 5.41) is 15.0. The van der Waals surface area contributed by atoms with Crippen LogP contribution in [0.2, 0.25) is 5.02 Å². The van der Waals surface area contributed by atoms with Crippen LogP contribution in [0.3, 0.4) is 0 Å². The number of pyridine rings is 1. The van der Waals surface area contributed by atoms with E-state index in [2.05, 4.69) is 15.6 Å². The molecular weight excluding hydrogens is 376 g/mol. The quantitative estimate of drug-likeness (QED) is 0.689. The molecule has 2 aromatic carbocycles. The van der Waals surface area contributed by atoms with Crippen molar-refractivity contribution in [2.45, 2.75) is 6.92 Å². The topological polar surface area (TPSA) is 94.9 Å². The fourth-order valence-corrected chi connectivity index (χ4v) is 2.65. The van der Waals surface area contributed by atoms with Gasteiger partial charge in [0.25, 0.3) is 11.8 Å². The highest BCUT2D eigenvalue weighted by atomic mass is 35.5. The van der Waals surface area contributed by atoms with Crippen LogP contribution in [0.25, 0.3) is 0 Å². The van der Waals surface area contributed by atoms with E-state index in [1.165, 1.54) is 12.1 Å². The first-order valence-corrected chi connectivity index (χ1v) is 8.71. The lowest BCUT2D eigenvalue weighted by Crippen LogP contribution is -2.19. The largest absolute Gasteiger partial charge is 0.320 e. The standard InChI is InChI=1S/C21H15ClN4O2/c1-13-9-10-15(22)11-19(13)26-21(28)18-8-4-7-17(24-18)20(27)25-16-6-3-2-5-14(16)12-23/h2-11H,1H3,(H,25,27)(H,26,28). The van der Waals surface area contributed by atoms with Crippen molar-refractivity contribution >= 4 is 34.8 Å². The van der Waals surface area contributed by atoms with Gasteiger partial charge >= 0.3 is 0 Å². The summed E-state index contributed by atoms with van der Waals surface area (Å²) in [6.07, 6.45) is 0. The van der Waals surface area contributed by atoms with E-state index in [-0.39, 0.29) is 11.4 Å². The Morgan fingerprint density at radius 1 is 0.929 bits per heavy atom. The van der Waals surface area contributed by atoms with Crippen LogP contribution in [0, 0.1) is 18.3 Å². The van der Waals surface area contributed by atoms with Crippen LogP contribution < -0.4 is 10.6 Å². The summed E-state index contributed by atoms with van der Waals surface area (Å²) in [7, 11) is 0. The Labute approximate surface area is 166 Å². The van der Waals surface area contributed by atoms with Crippen LogP contribution in [-0.4, -0.2) is 16.8 Å². The Balaban J connectivity index is 1.80. The van der Waals surface area contributed by atoms with Gasteiger partial charge < -0.3 is 10.6 Å². The number of carbonyl (C=O) groups excluding carboxylic acids is 2. The van der Waals surface area contributed by atoms with Crippen molar-refractivity contribution in [3.05, 3.63) is 88.2 Å². The molecule has 0 saturated heterocycles. The van der Waals surface area contributed by atoms with Crippen molar-refractivity contribution in [3.8, 4) is 6.07 Å². The average molecular weight is 391 g/mol. The molecule has 0 radical (unpaired) electrons. The minimum absolute atomic E-state index is 0.0585. The van der Waals surface area contributed by atoms with E-state index in [4.69, 9.17) is 16.9 Å². The van der Waals surface area contributed by atoms with E-state index in [1.807, 2.05) is 13.0 Å². The van der Waals surface area contributed by atoms with Gasteiger partial charge in [-0.15, -0.1) is 0 Å². The van der Waals surface area contributed by atoms with Crippen LogP contribution in [0.1, 0.15) is 32.1 Å². The van der Waals surface area contributed by atoms with Gasteiger partial charge in [0.2, 0.25) is 0 Å². The van der Waals surface area contributed by atoms with Gasteiger partial charge in [-0.05, 0) is 48.9 Å². The molecular formula is C21H15ClN4O2. The summed E-state index contributed by atoms with van der Waals surface area (Å²) in [6, 6.07) is 18.4. The summed E-state index contributed by atoms with van der Waals surface area (Å²) in [4.78, 5) is 29.1.